The van der Waals surface area contributed by atoms with Crippen molar-refractivity contribution in [3.63, 3.8) is 0 Å². The minimum absolute atomic E-state index is 0.130. The quantitative estimate of drug-likeness (QED) is 0.618. The third-order valence-electron chi connectivity index (χ3n) is 4.04. The molecule has 0 aliphatic carbocycles. The van der Waals surface area contributed by atoms with Gasteiger partial charge in [0.1, 0.15) is 5.75 Å². The van der Waals surface area contributed by atoms with Crippen LogP contribution in [0.4, 0.5) is 5.69 Å². The van der Waals surface area contributed by atoms with Crippen molar-refractivity contribution >= 4 is 21.7 Å². The molecule has 24 heavy (non-hydrogen) atoms. The maximum atomic E-state index is 11.9. The van der Waals surface area contributed by atoms with Crippen LogP contribution in [-0.2, 0) is 9.84 Å². The molecule has 1 aliphatic heterocycles. The SMILES string of the molecule is COc1ccccc1C=NN(c1ccccc1)C1CCS(=O)(=O)C1. The number of methoxy groups -OCH3 is 1. The Hall–Kier alpha value is -2.34. The summed E-state index contributed by atoms with van der Waals surface area (Å²) in [5.41, 5.74) is 1.73. The normalized spacial score (nSPS) is 19.5. The Morgan fingerprint density at radius 2 is 1.83 bits per heavy atom. The average Bonchev–Trinajstić information content (AvgIpc) is 2.96. The summed E-state index contributed by atoms with van der Waals surface area (Å²) in [5.74, 6) is 1.07. The molecule has 0 aromatic heterocycles. The van der Waals surface area contributed by atoms with Gasteiger partial charge in [-0.05, 0) is 30.7 Å². The van der Waals surface area contributed by atoms with E-state index in [4.69, 9.17) is 4.74 Å². The lowest BCUT2D eigenvalue weighted by Gasteiger charge is -2.25. The molecule has 0 N–H and O–H groups in total. The lowest BCUT2D eigenvalue weighted by Crippen LogP contribution is -2.31. The van der Waals surface area contributed by atoms with Crippen LogP contribution < -0.4 is 9.75 Å². The molecule has 1 saturated heterocycles. The third kappa shape index (κ3) is 3.76. The van der Waals surface area contributed by atoms with Crippen molar-refractivity contribution in [3.8, 4) is 5.75 Å². The first kappa shape index (κ1) is 16.5. The predicted octanol–water partition coefficient (Wildman–Crippen LogP) is 2.72. The Morgan fingerprint density at radius 3 is 2.50 bits per heavy atom. The van der Waals surface area contributed by atoms with Gasteiger partial charge in [-0.15, -0.1) is 0 Å². The van der Waals surface area contributed by atoms with Crippen molar-refractivity contribution in [2.75, 3.05) is 23.6 Å². The van der Waals surface area contributed by atoms with Crippen molar-refractivity contribution < 1.29 is 13.2 Å². The molecule has 6 heteroatoms. The molecule has 0 spiro atoms. The standard InChI is InChI=1S/C18H20N2O3S/c1-23-18-10-6-5-7-15(18)13-19-20(16-8-3-2-4-9-16)17-11-12-24(21,22)14-17/h2-10,13,17H,11-12,14H2,1H3. The molecule has 0 amide bonds. The number of hydrazone groups is 1. The van der Waals surface area contributed by atoms with E-state index in [0.717, 1.165) is 17.0 Å². The number of benzene rings is 2. The van der Waals surface area contributed by atoms with Gasteiger partial charge in [-0.1, -0.05) is 30.3 Å². The monoisotopic (exact) mass is 344 g/mol. The Balaban J connectivity index is 1.92. The molecule has 0 radical (unpaired) electrons. The van der Waals surface area contributed by atoms with Gasteiger partial charge in [0.2, 0.25) is 0 Å². The first-order valence-electron chi connectivity index (χ1n) is 7.81. The molecule has 1 unspecified atom stereocenters. The average molecular weight is 344 g/mol. The highest BCUT2D eigenvalue weighted by atomic mass is 32.2. The maximum absolute atomic E-state index is 11.9. The minimum Gasteiger partial charge on any atom is -0.496 e. The van der Waals surface area contributed by atoms with Crippen LogP contribution in [0.5, 0.6) is 5.75 Å². The summed E-state index contributed by atoms with van der Waals surface area (Å²) in [6, 6.07) is 17.1. The number of ether oxygens (including phenoxy) is 1. The van der Waals surface area contributed by atoms with Crippen LogP contribution in [-0.4, -0.2) is 39.3 Å². The molecule has 1 atom stereocenters. The molecule has 1 fully saturated rings. The van der Waals surface area contributed by atoms with Gasteiger partial charge in [0.25, 0.3) is 0 Å². The van der Waals surface area contributed by atoms with E-state index in [-0.39, 0.29) is 17.5 Å². The molecule has 2 aromatic rings. The van der Waals surface area contributed by atoms with Gasteiger partial charge in [0, 0.05) is 5.56 Å². The van der Waals surface area contributed by atoms with Crippen LogP contribution in [0.3, 0.4) is 0 Å². The molecule has 0 saturated carbocycles. The summed E-state index contributed by atoms with van der Waals surface area (Å²) < 4.78 is 29.0. The number of para-hydroxylation sites is 2. The molecule has 0 bridgehead atoms. The summed E-state index contributed by atoms with van der Waals surface area (Å²) in [4.78, 5) is 0. The lowest BCUT2D eigenvalue weighted by molar-refractivity contribution is 0.414. The van der Waals surface area contributed by atoms with Crippen molar-refractivity contribution in [3.05, 3.63) is 60.2 Å². The summed E-state index contributed by atoms with van der Waals surface area (Å²) >= 11 is 0. The number of nitrogens with zero attached hydrogens (tertiary/aromatic N) is 2. The van der Waals surface area contributed by atoms with E-state index in [1.807, 2.05) is 54.6 Å². The van der Waals surface area contributed by atoms with E-state index in [1.54, 1.807) is 18.3 Å². The zero-order valence-electron chi connectivity index (χ0n) is 13.5. The van der Waals surface area contributed by atoms with E-state index in [1.165, 1.54) is 0 Å². The van der Waals surface area contributed by atoms with Gasteiger partial charge in [-0.25, -0.2) is 8.42 Å². The molecule has 2 aromatic carbocycles. The van der Waals surface area contributed by atoms with Crippen molar-refractivity contribution in [2.45, 2.75) is 12.5 Å². The van der Waals surface area contributed by atoms with E-state index < -0.39 is 9.84 Å². The van der Waals surface area contributed by atoms with Crippen molar-refractivity contribution in [2.24, 2.45) is 5.10 Å². The Bertz CT molecular complexity index is 819. The van der Waals surface area contributed by atoms with Crippen LogP contribution in [0.15, 0.2) is 59.7 Å². The predicted molar refractivity (Wildman–Crippen MR) is 96.6 cm³/mol. The third-order valence-corrected chi connectivity index (χ3v) is 5.79. The fourth-order valence-corrected chi connectivity index (χ4v) is 4.51. The Labute approximate surface area is 142 Å². The van der Waals surface area contributed by atoms with Crippen LogP contribution in [0.25, 0.3) is 0 Å². The van der Waals surface area contributed by atoms with Crippen molar-refractivity contribution in [1.82, 2.24) is 0 Å². The van der Waals surface area contributed by atoms with Gasteiger partial charge in [-0.3, -0.25) is 5.01 Å². The number of hydrogen-bond acceptors (Lipinski definition) is 5. The van der Waals surface area contributed by atoms with E-state index in [9.17, 15) is 8.42 Å². The molecule has 3 rings (SSSR count). The highest BCUT2D eigenvalue weighted by molar-refractivity contribution is 7.91. The number of hydrogen-bond donors (Lipinski definition) is 0. The highest BCUT2D eigenvalue weighted by Gasteiger charge is 2.32. The second kappa shape index (κ2) is 7.05. The minimum atomic E-state index is -2.98. The van der Waals surface area contributed by atoms with Gasteiger partial charge >= 0.3 is 0 Å². The van der Waals surface area contributed by atoms with Gasteiger partial charge < -0.3 is 4.74 Å². The Morgan fingerprint density at radius 1 is 1.12 bits per heavy atom. The molecule has 1 aliphatic rings. The lowest BCUT2D eigenvalue weighted by atomic mass is 10.2. The van der Waals surface area contributed by atoms with E-state index in [0.29, 0.717) is 6.42 Å². The number of sulfone groups is 1. The molecule has 5 nitrogen and oxygen atoms in total. The Kier molecular flexibility index (Phi) is 4.85. The second-order valence-electron chi connectivity index (χ2n) is 5.72. The summed E-state index contributed by atoms with van der Waals surface area (Å²) in [5, 5.41) is 6.39. The van der Waals surface area contributed by atoms with Crippen molar-refractivity contribution in [1.29, 1.82) is 0 Å². The summed E-state index contributed by atoms with van der Waals surface area (Å²) in [6.45, 7) is 0. The van der Waals surface area contributed by atoms with Crippen LogP contribution >= 0.6 is 0 Å². The smallest absolute Gasteiger partial charge is 0.152 e. The second-order valence-corrected chi connectivity index (χ2v) is 7.95. The molecule has 1 heterocycles. The van der Waals surface area contributed by atoms with E-state index in [2.05, 4.69) is 5.10 Å². The topological polar surface area (TPSA) is 59.0 Å². The van der Waals surface area contributed by atoms with Gasteiger partial charge in [-0.2, -0.15) is 5.10 Å². The van der Waals surface area contributed by atoms with Gasteiger partial charge in [0.05, 0.1) is 36.6 Å². The molecular weight excluding hydrogens is 324 g/mol. The largest absolute Gasteiger partial charge is 0.496 e. The number of anilines is 1. The highest BCUT2D eigenvalue weighted by Crippen LogP contribution is 2.25. The maximum Gasteiger partial charge on any atom is 0.152 e. The van der Waals surface area contributed by atoms with Crippen LogP contribution in [0.1, 0.15) is 12.0 Å². The zero-order chi connectivity index (χ0) is 17.0. The summed E-state index contributed by atoms with van der Waals surface area (Å²) in [6.07, 6.45) is 2.30. The zero-order valence-corrected chi connectivity index (χ0v) is 14.3. The van der Waals surface area contributed by atoms with Gasteiger partial charge in [0.15, 0.2) is 9.84 Å². The summed E-state index contributed by atoms with van der Waals surface area (Å²) in [7, 11) is -1.37. The molecule has 126 valence electrons. The fraction of sp³-hybridized carbons (Fsp3) is 0.278. The van der Waals surface area contributed by atoms with Crippen LogP contribution in [0, 0.1) is 0 Å². The fourth-order valence-electron chi connectivity index (χ4n) is 2.82. The first-order valence-corrected chi connectivity index (χ1v) is 9.63. The van der Waals surface area contributed by atoms with E-state index >= 15 is 0 Å². The first-order chi connectivity index (χ1) is 11.6. The van der Waals surface area contributed by atoms with Crippen LogP contribution in [0.2, 0.25) is 0 Å². The number of rotatable bonds is 5. The molecular formula is C18H20N2O3S.